The molecule has 22 heavy (non-hydrogen) atoms. The molecule has 3 nitrogen and oxygen atoms in total. The first-order chi connectivity index (χ1) is 10.6. The summed E-state index contributed by atoms with van der Waals surface area (Å²) in [6.07, 6.45) is 3.40. The Bertz CT molecular complexity index is 721. The molecular weight excluding hydrogens is 371 g/mol. The molecule has 1 aliphatic carbocycles. The summed E-state index contributed by atoms with van der Waals surface area (Å²) in [5.41, 5.74) is 0.834. The van der Waals surface area contributed by atoms with Crippen LogP contribution in [0.3, 0.4) is 0 Å². The zero-order valence-corrected chi connectivity index (χ0v) is 13.9. The molecular formula is C16H13BrClFN2O. The molecule has 1 amide bonds. The molecule has 2 aromatic rings. The van der Waals surface area contributed by atoms with Crippen molar-refractivity contribution in [2.45, 2.75) is 25.4 Å². The van der Waals surface area contributed by atoms with Crippen molar-refractivity contribution >= 4 is 33.4 Å². The Labute approximate surface area is 141 Å². The fourth-order valence-corrected chi connectivity index (χ4v) is 2.81. The number of carbonyl (C=O) groups excluding carboxylic acids is 1. The Morgan fingerprint density at radius 2 is 2.14 bits per heavy atom. The van der Waals surface area contributed by atoms with E-state index < -0.39 is 0 Å². The number of carbonyl (C=O) groups is 1. The Balaban J connectivity index is 1.90. The number of nitrogens with zero attached hydrogens (tertiary/aromatic N) is 2. The van der Waals surface area contributed by atoms with Gasteiger partial charge in [0.2, 0.25) is 0 Å². The summed E-state index contributed by atoms with van der Waals surface area (Å²) in [7, 11) is 0. The molecule has 1 saturated carbocycles. The Morgan fingerprint density at radius 1 is 1.41 bits per heavy atom. The van der Waals surface area contributed by atoms with Gasteiger partial charge in [0.05, 0.1) is 5.56 Å². The van der Waals surface area contributed by atoms with Crippen LogP contribution in [-0.2, 0) is 6.54 Å². The van der Waals surface area contributed by atoms with Gasteiger partial charge in [0.1, 0.15) is 11.0 Å². The van der Waals surface area contributed by atoms with Crippen LogP contribution in [0, 0.1) is 5.82 Å². The monoisotopic (exact) mass is 382 g/mol. The van der Waals surface area contributed by atoms with Crippen molar-refractivity contribution in [2.75, 3.05) is 0 Å². The van der Waals surface area contributed by atoms with Gasteiger partial charge in [0.15, 0.2) is 0 Å². The molecule has 3 rings (SSSR count). The van der Waals surface area contributed by atoms with Crippen molar-refractivity contribution in [3.8, 4) is 0 Å². The van der Waals surface area contributed by atoms with Crippen LogP contribution in [0.4, 0.5) is 4.39 Å². The molecule has 114 valence electrons. The highest BCUT2D eigenvalue weighted by molar-refractivity contribution is 9.10. The number of rotatable bonds is 4. The van der Waals surface area contributed by atoms with E-state index in [1.807, 2.05) is 0 Å². The van der Waals surface area contributed by atoms with Crippen LogP contribution >= 0.6 is 27.5 Å². The average molecular weight is 384 g/mol. The maximum Gasteiger partial charge on any atom is 0.257 e. The van der Waals surface area contributed by atoms with E-state index in [9.17, 15) is 9.18 Å². The van der Waals surface area contributed by atoms with E-state index in [2.05, 4.69) is 20.9 Å². The predicted molar refractivity (Wildman–Crippen MR) is 86.2 cm³/mol. The van der Waals surface area contributed by atoms with Crippen molar-refractivity contribution in [2.24, 2.45) is 0 Å². The summed E-state index contributed by atoms with van der Waals surface area (Å²) < 4.78 is 14.5. The van der Waals surface area contributed by atoms with Crippen molar-refractivity contribution in [1.29, 1.82) is 0 Å². The zero-order valence-electron chi connectivity index (χ0n) is 11.6. The van der Waals surface area contributed by atoms with Gasteiger partial charge in [-0.1, -0.05) is 29.8 Å². The summed E-state index contributed by atoms with van der Waals surface area (Å²) in [5.74, 6) is -0.524. The lowest BCUT2D eigenvalue weighted by Gasteiger charge is -2.23. The summed E-state index contributed by atoms with van der Waals surface area (Å²) in [6, 6.07) is 8.28. The van der Waals surface area contributed by atoms with E-state index in [1.165, 1.54) is 12.3 Å². The molecule has 1 aliphatic rings. The molecule has 1 heterocycles. The van der Waals surface area contributed by atoms with Crippen LogP contribution < -0.4 is 0 Å². The maximum atomic E-state index is 13.9. The number of amides is 1. The van der Waals surface area contributed by atoms with Gasteiger partial charge in [-0.05, 0) is 40.9 Å². The van der Waals surface area contributed by atoms with Crippen molar-refractivity contribution < 1.29 is 9.18 Å². The van der Waals surface area contributed by atoms with Gasteiger partial charge in [-0.15, -0.1) is 0 Å². The topological polar surface area (TPSA) is 33.2 Å². The van der Waals surface area contributed by atoms with E-state index in [-0.39, 0.29) is 29.5 Å². The number of aromatic nitrogens is 1. The lowest BCUT2D eigenvalue weighted by Crippen LogP contribution is -2.33. The largest absolute Gasteiger partial charge is 0.331 e. The van der Waals surface area contributed by atoms with Gasteiger partial charge in [-0.25, -0.2) is 9.37 Å². The quantitative estimate of drug-likeness (QED) is 0.731. The summed E-state index contributed by atoms with van der Waals surface area (Å²) in [4.78, 5) is 18.4. The van der Waals surface area contributed by atoms with Crippen LogP contribution in [0.25, 0.3) is 0 Å². The molecule has 0 bridgehead atoms. The van der Waals surface area contributed by atoms with Crippen LogP contribution in [0.2, 0.25) is 5.15 Å². The predicted octanol–water partition coefficient (Wildman–Crippen LogP) is 4.44. The maximum absolute atomic E-state index is 13.9. The molecule has 6 heteroatoms. The third-order valence-electron chi connectivity index (χ3n) is 3.58. The molecule has 0 unspecified atom stereocenters. The minimum absolute atomic E-state index is 0.141. The highest BCUT2D eigenvalue weighted by Crippen LogP contribution is 2.31. The molecule has 0 aliphatic heterocycles. The van der Waals surface area contributed by atoms with Crippen LogP contribution in [0.15, 0.2) is 41.0 Å². The van der Waals surface area contributed by atoms with Crippen LogP contribution in [-0.4, -0.2) is 21.8 Å². The first-order valence-electron chi connectivity index (χ1n) is 6.91. The molecule has 0 saturated heterocycles. The number of hydrogen-bond donors (Lipinski definition) is 0. The second-order valence-electron chi connectivity index (χ2n) is 5.25. The van der Waals surface area contributed by atoms with Crippen LogP contribution in [0.5, 0.6) is 0 Å². The highest BCUT2D eigenvalue weighted by Gasteiger charge is 2.34. The molecule has 0 atom stereocenters. The SMILES string of the molecule is O=C(c1cc(Br)cnc1Cl)N(Cc1ccccc1F)C1CC1. The van der Waals surface area contributed by atoms with Crippen LogP contribution in [0.1, 0.15) is 28.8 Å². The summed E-state index contributed by atoms with van der Waals surface area (Å²) >= 11 is 9.33. The minimum Gasteiger partial charge on any atom is -0.331 e. The second kappa shape index (κ2) is 6.34. The summed E-state index contributed by atoms with van der Waals surface area (Å²) in [6.45, 7) is 0.235. The fraction of sp³-hybridized carbons (Fsp3) is 0.250. The Morgan fingerprint density at radius 3 is 2.82 bits per heavy atom. The number of hydrogen-bond acceptors (Lipinski definition) is 2. The molecule has 0 N–H and O–H groups in total. The molecule has 0 radical (unpaired) electrons. The van der Waals surface area contributed by atoms with Gasteiger partial charge < -0.3 is 4.90 Å². The standard InChI is InChI=1S/C16H13BrClFN2O/c17-11-7-13(15(18)20-8-11)16(22)21(12-5-6-12)9-10-3-1-2-4-14(10)19/h1-4,7-8,12H,5-6,9H2. The first-order valence-corrected chi connectivity index (χ1v) is 8.09. The minimum atomic E-state index is -0.306. The Hall–Kier alpha value is -1.46. The van der Waals surface area contributed by atoms with Gasteiger partial charge in [-0.3, -0.25) is 4.79 Å². The average Bonchev–Trinajstić information content (AvgIpc) is 3.33. The molecule has 0 spiro atoms. The van der Waals surface area contributed by atoms with E-state index >= 15 is 0 Å². The van der Waals surface area contributed by atoms with Gasteiger partial charge in [0.25, 0.3) is 5.91 Å². The zero-order chi connectivity index (χ0) is 15.7. The normalized spacial score (nSPS) is 14.0. The summed E-state index contributed by atoms with van der Waals surface area (Å²) in [5, 5.41) is 0.160. The lowest BCUT2D eigenvalue weighted by atomic mass is 10.1. The third-order valence-corrected chi connectivity index (χ3v) is 4.32. The number of halogens is 3. The van der Waals surface area contributed by atoms with Gasteiger partial charge >= 0.3 is 0 Å². The molecule has 1 fully saturated rings. The highest BCUT2D eigenvalue weighted by atomic mass is 79.9. The van der Waals surface area contributed by atoms with E-state index in [0.717, 1.165) is 12.8 Å². The Kier molecular flexibility index (Phi) is 4.45. The second-order valence-corrected chi connectivity index (χ2v) is 6.52. The molecule has 1 aromatic heterocycles. The number of benzene rings is 1. The number of pyridine rings is 1. The molecule has 1 aromatic carbocycles. The smallest absolute Gasteiger partial charge is 0.257 e. The van der Waals surface area contributed by atoms with E-state index in [4.69, 9.17) is 11.6 Å². The van der Waals surface area contributed by atoms with Crippen molar-refractivity contribution in [3.63, 3.8) is 0 Å². The van der Waals surface area contributed by atoms with Crippen molar-refractivity contribution in [3.05, 3.63) is 63.1 Å². The van der Waals surface area contributed by atoms with Gasteiger partial charge in [-0.2, -0.15) is 0 Å². The van der Waals surface area contributed by atoms with E-state index in [1.54, 1.807) is 29.2 Å². The first kappa shape index (κ1) is 15.4. The fourth-order valence-electron chi connectivity index (χ4n) is 2.29. The van der Waals surface area contributed by atoms with E-state index in [0.29, 0.717) is 15.6 Å². The third kappa shape index (κ3) is 3.31. The van der Waals surface area contributed by atoms with Crippen molar-refractivity contribution in [1.82, 2.24) is 9.88 Å². The lowest BCUT2D eigenvalue weighted by molar-refractivity contribution is 0.0728. The van der Waals surface area contributed by atoms with Gasteiger partial charge in [0, 0.05) is 28.8 Å².